The lowest BCUT2D eigenvalue weighted by Crippen LogP contribution is -2.14. The van der Waals surface area contributed by atoms with Gasteiger partial charge in [0.2, 0.25) is 0 Å². The summed E-state index contributed by atoms with van der Waals surface area (Å²) in [6, 6.07) is 79.1. The Morgan fingerprint density at radius 2 is 0.873 bits per heavy atom. The number of fused-ring (bicyclic) bond motifs is 7. The van der Waals surface area contributed by atoms with Crippen molar-refractivity contribution in [3.05, 3.63) is 230 Å². The number of aromatic nitrogens is 2. The summed E-state index contributed by atoms with van der Waals surface area (Å²) in [5.41, 5.74) is 17.3. The molecule has 0 saturated carbocycles. The number of hydrogen-bond acceptors (Lipinski definition) is 2. The molecular formula is C61H42N2. The third-order valence-electron chi connectivity index (χ3n) is 13.3. The number of nitrogens with zero attached hydrogens (tertiary/aromatic N) is 2. The number of hydrogen-bond donors (Lipinski definition) is 0. The van der Waals surface area contributed by atoms with Gasteiger partial charge in [0.1, 0.15) is 0 Å². The Bertz CT molecular complexity index is 3560. The normalized spacial score (nSPS) is 12.7. The Kier molecular flexibility index (Phi) is 8.55. The van der Waals surface area contributed by atoms with Crippen LogP contribution in [0.5, 0.6) is 0 Å². The molecule has 0 amide bonds. The largest absolute Gasteiger partial charge is 0.228 e. The Balaban J connectivity index is 0.995. The molecule has 296 valence electrons. The third-order valence-corrected chi connectivity index (χ3v) is 13.3. The lowest BCUT2D eigenvalue weighted by Gasteiger charge is -2.21. The molecule has 12 rings (SSSR count). The molecule has 0 radical (unpaired) electrons. The summed E-state index contributed by atoms with van der Waals surface area (Å²) in [6.45, 7) is 4.68. The summed E-state index contributed by atoms with van der Waals surface area (Å²) in [7, 11) is 0. The fourth-order valence-corrected chi connectivity index (χ4v) is 10.1. The fourth-order valence-electron chi connectivity index (χ4n) is 10.1. The van der Waals surface area contributed by atoms with Crippen LogP contribution in [0, 0.1) is 0 Å². The second-order valence-corrected chi connectivity index (χ2v) is 17.3. The second kappa shape index (κ2) is 14.6. The monoisotopic (exact) mass is 802 g/mol. The van der Waals surface area contributed by atoms with Crippen LogP contribution in [0.2, 0.25) is 0 Å². The molecule has 0 aliphatic heterocycles. The van der Waals surface area contributed by atoms with Crippen LogP contribution in [-0.2, 0) is 5.41 Å². The predicted octanol–water partition coefficient (Wildman–Crippen LogP) is 16.2. The van der Waals surface area contributed by atoms with E-state index in [1.165, 1.54) is 82.4 Å². The average molecular weight is 803 g/mol. The summed E-state index contributed by atoms with van der Waals surface area (Å²) < 4.78 is 0. The van der Waals surface area contributed by atoms with Gasteiger partial charge in [0, 0.05) is 22.1 Å². The van der Waals surface area contributed by atoms with Crippen molar-refractivity contribution in [1.82, 2.24) is 9.97 Å². The van der Waals surface area contributed by atoms with E-state index >= 15 is 0 Å². The summed E-state index contributed by atoms with van der Waals surface area (Å²) in [6.07, 6.45) is 0. The molecule has 11 aromatic rings. The highest BCUT2D eigenvalue weighted by Crippen LogP contribution is 2.52. The molecule has 1 aliphatic rings. The molecule has 1 aliphatic carbocycles. The van der Waals surface area contributed by atoms with Crippen molar-refractivity contribution in [2.24, 2.45) is 0 Å². The van der Waals surface area contributed by atoms with Crippen LogP contribution >= 0.6 is 0 Å². The molecule has 10 aromatic carbocycles. The highest BCUT2D eigenvalue weighted by atomic mass is 14.9. The molecular weight excluding hydrogens is 761 g/mol. The summed E-state index contributed by atoms with van der Waals surface area (Å²) in [4.78, 5) is 10.7. The Labute approximate surface area is 367 Å². The summed E-state index contributed by atoms with van der Waals surface area (Å²) in [5, 5.41) is 7.49. The first-order chi connectivity index (χ1) is 31.0. The molecule has 0 unspecified atom stereocenters. The predicted molar refractivity (Wildman–Crippen MR) is 265 cm³/mol. The van der Waals surface area contributed by atoms with Crippen LogP contribution in [0.4, 0.5) is 0 Å². The van der Waals surface area contributed by atoms with Crippen LogP contribution in [-0.4, -0.2) is 9.97 Å². The van der Waals surface area contributed by atoms with E-state index in [0.29, 0.717) is 5.82 Å². The maximum atomic E-state index is 5.36. The van der Waals surface area contributed by atoms with E-state index in [2.05, 4.69) is 232 Å². The van der Waals surface area contributed by atoms with Crippen LogP contribution in [0.25, 0.3) is 111 Å². The quantitative estimate of drug-likeness (QED) is 0.124. The molecule has 0 saturated heterocycles. The van der Waals surface area contributed by atoms with Gasteiger partial charge < -0.3 is 0 Å². The van der Waals surface area contributed by atoms with Gasteiger partial charge in [-0.05, 0) is 106 Å². The third kappa shape index (κ3) is 6.17. The van der Waals surface area contributed by atoms with E-state index in [9.17, 15) is 0 Å². The Morgan fingerprint density at radius 3 is 1.70 bits per heavy atom. The van der Waals surface area contributed by atoms with Gasteiger partial charge in [-0.1, -0.05) is 214 Å². The van der Waals surface area contributed by atoms with E-state index in [1.54, 1.807) is 0 Å². The summed E-state index contributed by atoms with van der Waals surface area (Å²) in [5.74, 6) is 0.691. The molecule has 0 fully saturated rings. The zero-order chi connectivity index (χ0) is 42.1. The molecule has 63 heavy (non-hydrogen) atoms. The van der Waals surface area contributed by atoms with Crippen LogP contribution in [0.15, 0.2) is 218 Å². The average Bonchev–Trinajstić information content (AvgIpc) is 3.59. The van der Waals surface area contributed by atoms with Crippen molar-refractivity contribution in [3.8, 4) is 78.4 Å². The maximum Gasteiger partial charge on any atom is 0.160 e. The molecule has 0 N–H and O–H groups in total. The lowest BCUT2D eigenvalue weighted by molar-refractivity contribution is 0.660. The minimum atomic E-state index is -0.0727. The van der Waals surface area contributed by atoms with Crippen molar-refractivity contribution >= 4 is 32.3 Å². The SMILES string of the molecule is CC1(C)c2ccccc2-c2c(-c3cccc(-c4cc(-c5ccc(-c6ccccc6)cc5)nc(-c5ccc(-c6c7ccccc7cc7c6ccc6ccccc67)cc5)n4)c3)cccc21. The first kappa shape index (κ1) is 36.9. The van der Waals surface area contributed by atoms with Gasteiger partial charge in [0.15, 0.2) is 5.82 Å². The van der Waals surface area contributed by atoms with E-state index in [4.69, 9.17) is 9.97 Å². The van der Waals surface area contributed by atoms with Gasteiger partial charge in [-0.3, -0.25) is 0 Å². The van der Waals surface area contributed by atoms with E-state index in [1.807, 2.05) is 0 Å². The molecule has 0 atom stereocenters. The van der Waals surface area contributed by atoms with Gasteiger partial charge in [-0.15, -0.1) is 0 Å². The van der Waals surface area contributed by atoms with E-state index in [-0.39, 0.29) is 5.41 Å². The minimum Gasteiger partial charge on any atom is -0.228 e. The zero-order valence-corrected chi connectivity index (χ0v) is 35.2. The lowest BCUT2D eigenvalue weighted by atomic mass is 9.82. The number of benzene rings is 10. The van der Waals surface area contributed by atoms with Gasteiger partial charge >= 0.3 is 0 Å². The standard InChI is InChI=1S/C61H42N2/c1-61(2)54-24-11-10-22-52(54)59-50(23-13-25-55(59)61)45-18-12-19-47(36-45)57-38-56(42-28-26-40(27-29-42)39-14-4-3-5-15-39)62-60(63-57)44-32-30-43(31-33-44)58-49-21-9-7-17-46(49)37-53-48-20-8-6-16-41(48)34-35-51(53)58/h3-38H,1-2H3. The van der Waals surface area contributed by atoms with Gasteiger partial charge in [-0.25, -0.2) is 9.97 Å². The molecule has 1 heterocycles. The fraction of sp³-hybridized carbons (Fsp3) is 0.0492. The second-order valence-electron chi connectivity index (χ2n) is 17.3. The number of rotatable bonds is 6. The summed E-state index contributed by atoms with van der Waals surface area (Å²) >= 11 is 0. The van der Waals surface area contributed by atoms with Crippen molar-refractivity contribution in [1.29, 1.82) is 0 Å². The zero-order valence-electron chi connectivity index (χ0n) is 35.2. The molecule has 2 nitrogen and oxygen atoms in total. The van der Waals surface area contributed by atoms with Crippen molar-refractivity contribution in [2.75, 3.05) is 0 Å². The van der Waals surface area contributed by atoms with Crippen molar-refractivity contribution < 1.29 is 0 Å². The molecule has 2 heteroatoms. The first-order valence-electron chi connectivity index (χ1n) is 21.8. The van der Waals surface area contributed by atoms with Crippen molar-refractivity contribution in [3.63, 3.8) is 0 Å². The Morgan fingerprint density at radius 1 is 0.302 bits per heavy atom. The van der Waals surface area contributed by atoms with Crippen LogP contribution in [0.3, 0.4) is 0 Å². The molecule has 1 aromatic heterocycles. The highest BCUT2D eigenvalue weighted by molar-refractivity contribution is 6.20. The minimum absolute atomic E-state index is 0.0727. The highest BCUT2D eigenvalue weighted by Gasteiger charge is 2.36. The topological polar surface area (TPSA) is 25.8 Å². The van der Waals surface area contributed by atoms with E-state index in [0.717, 1.165) is 33.6 Å². The molecule has 0 spiro atoms. The van der Waals surface area contributed by atoms with Gasteiger partial charge in [0.05, 0.1) is 11.4 Å². The van der Waals surface area contributed by atoms with Gasteiger partial charge in [-0.2, -0.15) is 0 Å². The van der Waals surface area contributed by atoms with Gasteiger partial charge in [0.25, 0.3) is 0 Å². The van der Waals surface area contributed by atoms with Crippen LogP contribution in [0.1, 0.15) is 25.0 Å². The van der Waals surface area contributed by atoms with Crippen molar-refractivity contribution in [2.45, 2.75) is 19.3 Å². The van der Waals surface area contributed by atoms with E-state index < -0.39 is 0 Å². The smallest absolute Gasteiger partial charge is 0.160 e. The Hall–Kier alpha value is -7.94. The van der Waals surface area contributed by atoms with Crippen LogP contribution < -0.4 is 0 Å². The first-order valence-corrected chi connectivity index (χ1v) is 21.8. The molecule has 0 bridgehead atoms. The maximum absolute atomic E-state index is 5.36.